The second-order valence-corrected chi connectivity index (χ2v) is 8.44. The third-order valence-electron chi connectivity index (χ3n) is 5.69. The van der Waals surface area contributed by atoms with E-state index in [4.69, 9.17) is 4.74 Å². The molecule has 0 radical (unpaired) electrons. The lowest BCUT2D eigenvalue weighted by atomic mass is 10.2. The van der Waals surface area contributed by atoms with Crippen LogP contribution in [0, 0.1) is 26.6 Å². The zero-order valence-electron chi connectivity index (χ0n) is 21.1. The van der Waals surface area contributed by atoms with Gasteiger partial charge in [0.1, 0.15) is 29.5 Å². The van der Waals surface area contributed by atoms with Crippen LogP contribution in [0.1, 0.15) is 27.3 Å². The Labute approximate surface area is 208 Å². The van der Waals surface area contributed by atoms with Crippen LogP contribution < -0.4 is 5.32 Å². The molecule has 12 heteroatoms. The molecule has 1 amide bonds. The first-order chi connectivity index (χ1) is 17.2. The van der Waals surface area contributed by atoms with E-state index in [1.165, 1.54) is 17.3 Å². The van der Waals surface area contributed by atoms with Crippen molar-refractivity contribution in [2.45, 2.75) is 27.3 Å². The van der Waals surface area contributed by atoms with E-state index in [2.05, 4.69) is 30.5 Å². The molecule has 0 aromatic carbocycles. The summed E-state index contributed by atoms with van der Waals surface area (Å²) in [5.74, 6) is 1.17. The highest BCUT2D eigenvalue weighted by Crippen LogP contribution is 2.29. The first-order valence-electron chi connectivity index (χ1n) is 11.3. The van der Waals surface area contributed by atoms with Crippen molar-refractivity contribution < 1.29 is 13.9 Å². The van der Waals surface area contributed by atoms with E-state index in [0.717, 1.165) is 11.8 Å². The summed E-state index contributed by atoms with van der Waals surface area (Å²) in [6.07, 6.45) is 2.59. The summed E-state index contributed by atoms with van der Waals surface area (Å²) in [6.45, 7) is 6.45. The maximum absolute atomic E-state index is 13.4. The van der Waals surface area contributed by atoms with Crippen LogP contribution in [0.5, 0.6) is 0 Å². The second kappa shape index (κ2) is 10.2. The Morgan fingerprint density at radius 3 is 2.58 bits per heavy atom. The summed E-state index contributed by atoms with van der Waals surface area (Å²) >= 11 is 0. The van der Waals surface area contributed by atoms with E-state index >= 15 is 0 Å². The van der Waals surface area contributed by atoms with Gasteiger partial charge in [0.2, 0.25) is 0 Å². The van der Waals surface area contributed by atoms with Gasteiger partial charge < -0.3 is 15.0 Å². The molecule has 11 nitrogen and oxygen atoms in total. The molecule has 1 N–H and O–H groups in total. The number of halogens is 1. The minimum Gasteiger partial charge on any atom is -0.383 e. The number of nitrogens with zero attached hydrogens (tertiary/aromatic N) is 8. The van der Waals surface area contributed by atoms with Gasteiger partial charge in [0.25, 0.3) is 5.91 Å². The van der Waals surface area contributed by atoms with Crippen molar-refractivity contribution in [2.24, 2.45) is 0 Å². The maximum Gasteiger partial charge on any atom is 0.257 e. The molecule has 0 aliphatic rings. The molecular weight excluding hydrogens is 465 g/mol. The van der Waals surface area contributed by atoms with E-state index in [9.17, 15) is 9.18 Å². The van der Waals surface area contributed by atoms with Gasteiger partial charge in [0.05, 0.1) is 42.0 Å². The summed E-state index contributed by atoms with van der Waals surface area (Å²) in [5, 5.41) is 12.5. The topological polar surface area (TPSA) is 116 Å². The van der Waals surface area contributed by atoms with Crippen LogP contribution in [0.25, 0.3) is 17.2 Å². The Hall–Kier alpha value is -4.19. The van der Waals surface area contributed by atoms with E-state index in [1.54, 1.807) is 49.6 Å². The number of anilines is 2. The Morgan fingerprint density at radius 2 is 1.92 bits per heavy atom. The highest BCUT2D eigenvalue weighted by atomic mass is 19.1. The van der Waals surface area contributed by atoms with Crippen molar-refractivity contribution in [1.82, 2.24) is 39.4 Å². The first kappa shape index (κ1) is 24.9. The molecule has 36 heavy (non-hydrogen) atoms. The molecule has 0 atom stereocenters. The highest BCUT2D eigenvalue weighted by molar-refractivity contribution is 5.96. The van der Waals surface area contributed by atoms with Gasteiger partial charge in [-0.15, -0.1) is 0 Å². The first-order valence-corrected chi connectivity index (χ1v) is 11.3. The molecule has 4 aromatic rings. The fraction of sp³-hybridized carbons (Fsp3) is 0.333. The third kappa shape index (κ3) is 4.80. The molecule has 0 unspecified atom stereocenters. The summed E-state index contributed by atoms with van der Waals surface area (Å²) in [5.41, 5.74) is 3.82. The number of carbonyl (C=O) groups excluding carboxylic acids is 1. The molecule has 188 valence electrons. The van der Waals surface area contributed by atoms with Crippen molar-refractivity contribution in [3.63, 3.8) is 0 Å². The summed E-state index contributed by atoms with van der Waals surface area (Å²) in [7, 11) is 5.03. The van der Waals surface area contributed by atoms with Gasteiger partial charge in [-0.25, -0.2) is 23.7 Å². The lowest BCUT2D eigenvalue weighted by molar-refractivity contribution is 0.0826. The van der Waals surface area contributed by atoms with Crippen LogP contribution in [-0.2, 0) is 11.3 Å². The van der Waals surface area contributed by atoms with Crippen molar-refractivity contribution in [2.75, 3.05) is 33.1 Å². The van der Waals surface area contributed by atoms with Crippen molar-refractivity contribution in [3.8, 4) is 17.2 Å². The number of aryl methyl sites for hydroxylation is 1. The molecule has 4 rings (SSSR count). The largest absolute Gasteiger partial charge is 0.383 e. The van der Waals surface area contributed by atoms with Crippen LogP contribution in [-0.4, -0.2) is 73.1 Å². The van der Waals surface area contributed by atoms with E-state index in [1.807, 2.05) is 13.8 Å². The Morgan fingerprint density at radius 1 is 1.14 bits per heavy atom. The molecular formula is C24H28FN9O2. The second-order valence-electron chi connectivity index (χ2n) is 8.44. The summed E-state index contributed by atoms with van der Waals surface area (Å²) in [6, 6.07) is 4.68. The van der Waals surface area contributed by atoms with Crippen LogP contribution in [0.2, 0.25) is 0 Å². The summed E-state index contributed by atoms with van der Waals surface area (Å²) in [4.78, 5) is 27.0. The number of ether oxygens (including phenoxy) is 1. The van der Waals surface area contributed by atoms with Crippen LogP contribution >= 0.6 is 0 Å². The minimum absolute atomic E-state index is 0.122. The van der Waals surface area contributed by atoms with Crippen molar-refractivity contribution in [3.05, 3.63) is 59.1 Å². The van der Waals surface area contributed by atoms with Crippen molar-refractivity contribution in [1.29, 1.82) is 0 Å². The fourth-order valence-corrected chi connectivity index (χ4v) is 3.86. The quantitative estimate of drug-likeness (QED) is 0.398. The van der Waals surface area contributed by atoms with Gasteiger partial charge >= 0.3 is 0 Å². The predicted molar refractivity (Wildman–Crippen MR) is 132 cm³/mol. The predicted octanol–water partition coefficient (Wildman–Crippen LogP) is 3.08. The molecule has 0 saturated carbocycles. The lowest BCUT2D eigenvalue weighted by Gasteiger charge is -2.12. The Kier molecular flexibility index (Phi) is 7.06. The monoisotopic (exact) mass is 493 g/mol. The standard InChI is InChI=1S/C24H28FN9O2/c1-14-22(18-8-7-17(25)12-26-18)31-33(9-10-36-6)23(14)29-19-11-20(28-13-27-19)34-16(3)21(15(2)30-34)24(35)32(4)5/h7-8,11-13H,9-10H2,1-6H3,(H,27,28,29). The van der Waals surface area contributed by atoms with Crippen molar-refractivity contribution >= 4 is 17.5 Å². The number of nitrogens with one attached hydrogen (secondary N) is 1. The van der Waals surface area contributed by atoms with Gasteiger partial charge in [-0.3, -0.25) is 9.78 Å². The van der Waals surface area contributed by atoms with Gasteiger partial charge in [-0.05, 0) is 32.9 Å². The smallest absolute Gasteiger partial charge is 0.257 e. The molecule has 0 aliphatic carbocycles. The van der Waals surface area contributed by atoms with E-state index in [-0.39, 0.29) is 5.91 Å². The van der Waals surface area contributed by atoms with Crippen LogP contribution in [0.4, 0.5) is 16.0 Å². The Bertz CT molecular complexity index is 1390. The average molecular weight is 494 g/mol. The fourth-order valence-electron chi connectivity index (χ4n) is 3.86. The molecule has 4 heterocycles. The SMILES string of the molecule is COCCn1nc(-c2ccc(F)cn2)c(C)c1Nc1cc(-n2nc(C)c(C(=O)N(C)C)c2C)ncn1. The number of hydrogen-bond donors (Lipinski definition) is 1. The molecule has 0 bridgehead atoms. The average Bonchev–Trinajstić information content (AvgIpc) is 3.33. The van der Waals surface area contributed by atoms with E-state index < -0.39 is 5.82 Å². The molecule has 0 aliphatic heterocycles. The molecule has 0 spiro atoms. The Balaban J connectivity index is 1.71. The zero-order chi connectivity index (χ0) is 26.0. The minimum atomic E-state index is -0.415. The number of amides is 1. The highest BCUT2D eigenvalue weighted by Gasteiger charge is 2.22. The molecule has 0 saturated heterocycles. The number of hydrogen-bond acceptors (Lipinski definition) is 8. The van der Waals surface area contributed by atoms with Gasteiger partial charge in [-0.1, -0.05) is 0 Å². The van der Waals surface area contributed by atoms with Gasteiger partial charge in [0, 0.05) is 32.8 Å². The van der Waals surface area contributed by atoms with E-state index in [0.29, 0.717) is 58.9 Å². The zero-order valence-corrected chi connectivity index (χ0v) is 21.1. The van der Waals surface area contributed by atoms with Crippen LogP contribution in [0.3, 0.4) is 0 Å². The lowest BCUT2D eigenvalue weighted by Crippen LogP contribution is -2.23. The number of aromatic nitrogens is 7. The van der Waals surface area contributed by atoms with Crippen LogP contribution in [0.15, 0.2) is 30.7 Å². The normalized spacial score (nSPS) is 11.1. The number of pyridine rings is 1. The number of carbonyl (C=O) groups is 1. The van der Waals surface area contributed by atoms with Gasteiger partial charge in [0.15, 0.2) is 5.82 Å². The molecule has 4 aromatic heterocycles. The summed E-state index contributed by atoms with van der Waals surface area (Å²) < 4.78 is 22.0. The number of rotatable bonds is 8. The number of methoxy groups -OCH3 is 1. The molecule has 0 fully saturated rings. The van der Waals surface area contributed by atoms with Gasteiger partial charge in [-0.2, -0.15) is 10.2 Å². The maximum atomic E-state index is 13.4. The third-order valence-corrected chi connectivity index (χ3v) is 5.69.